The van der Waals surface area contributed by atoms with Crippen LogP contribution in [-0.2, 0) is 26.8 Å². The molecule has 0 bridgehead atoms. The van der Waals surface area contributed by atoms with E-state index in [9.17, 15) is 16.8 Å². The molecule has 1 aromatic heterocycles. The summed E-state index contributed by atoms with van der Waals surface area (Å²) in [4.78, 5) is 8.97. The van der Waals surface area contributed by atoms with E-state index in [1.54, 1.807) is 32.2 Å². The highest BCUT2D eigenvalue weighted by molar-refractivity contribution is 7.89. The molecular formula is C23H29N7O4S2. The Morgan fingerprint density at radius 2 is 1.56 bits per heavy atom. The van der Waals surface area contributed by atoms with Gasteiger partial charge in [-0.1, -0.05) is 12.1 Å². The largest absolute Gasteiger partial charge is 0.340 e. The smallest absolute Gasteiger partial charge is 0.277 e. The number of rotatable bonds is 10. The number of hydrogen-bond acceptors (Lipinski definition) is 8. The second-order valence-electron chi connectivity index (χ2n) is 8.87. The number of primary sulfonamides is 1. The lowest BCUT2D eigenvalue weighted by Crippen LogP contribution is -2.37. The molecule has 192 valence electrons. The van der Waals surface area contributed by atoms with Crippen molar-refractivity contribution in [1.29, 1.82) is 0 Å². The summed E-state index contributed by atoms with van der Waals surface area (Å²) in [5.41, 5.74) is 4.09. The number of hydrogen-bond donors (Lipinski definition) is 5. The Balaban J connectivity index is 1.43. The average molecular weight is 532 g/mol. The second kappa shape index (κ2) is 10.1. The highest BCUT2D eigenvalue weighted by atomic mass is 32.2. The van der Waals surface area contributed by atoms with E-state index in [-0.39, 0.29) is 17.5 Å². The van der Waals surface area contributed by atoms with Crippen molar-refractivity contribution in [3.05, 3.63) is 64.8 Å². The number of anilines is 4. The molecule has 3 aromatic rings. The predicted molar refractivity (Wildman–Crippen MR) is 139 cm³/mol. The number of benzene rings is 2. The van der Waals surface area contributed by atoms with E-state index in [1.807, 2.05) is 31.2 Å². The van der Waals surface area contributed by atoms with Crippen LogP contribution < -0.4 is 25.2 Å². The molecule has 0 saturated heterocycles. The molecule has 2 aromatic carbocycles. The SMILES string of the molecule is Cc1cnc(Nc2cc(C)c(S(N)(=O)=O)c(C)c2)nc1Nc1ccc(CNS(=O)(=O)NC2CC2)cc1. The summed E-state index contributed by atoms with van der Waals surface area (Å²) in [6.07, 6.45) is 3.43. The monoisotopic (exact) mass is 531 g/mol. The van der Waals surface area contributed by atoms with Crippen LogP contribution in [0, 0.1) is 20.8 Å². The van der Waals surface area contributed by atoms with E-state index in [2.05, 4.69) is 30.0 Å². The van der Waals surface area contributed by atoms with Gasteiger partial charge in [0.1, 0.15) is 5.82 Å². The van der Waals surface area contributed by atoms with E-state index >= 15 is 0 Å². The maximum atomic E-state index is 12.0. The van der Waals surface area contributed by atoms with Gasteiger partial charge in [0, 0.05) is 35.7 Å². The Kier molecular flexibility index (Phi) is 7.29. The van der Waals surface area contributed by atoms with Crippen molar-refractivity contribution in [2.24, 2.45) is 5.14 Å². The number of aromatic nitrogens is 2. The Morgan fingerprint density at radius 1 is 0.917 bits per heavy atom. The maximum absolute atomic E-state index is 12.0. The van der Waals surface area contributed by atoms with Crippen LogP contribution in [0.25, 0.3) is 0 Å². The van der Waals surface area contributed by atoms with E-state index in [0.29, 0.717) is 28.6 Å². The Bertz CT molecular complexity index is 1460. The lowest BCUT2D eigenvalue weighted by Gasteiger charge is -2.14. The molecule has 4 rings (SSSR count). The normalized spacial score (nSPS) is 14.0. The van der Waals surface area contributed by atoms with Gasteiger partial charge in [-0.15, -0.1) is 0 Å². The second-order valence-corrected chi connectivity index (χ2v) is 11.9. The van der Waals surface area contributed by atoms with Crippen molar-refractivity contribution in [3.63, 3.8) is 0 Å². The van der Waals surface area contributed by atoms with E-state index in [1.165, 1.54) is 0 Å². The molecule has 0 radical (unpaired) electrons. The van der Waals surface area contributed by atoms with Crippen molar-refractivity contribution in [2.45, 2.75) is 51.1 Å². The average Bonchev–Trinajstić information content (AvgIpc) is 3.57. The zero-order valence-corrected chi connectivity index (χ0v) is 21.8. The number of aryl methyl sites for hydroxylation is 3. The van der Waals surface area contributed by atoms with Gasteiger partial charge in [-0.2, -0.15) is 22.8 Å². The molecule has 0 amide bonds. The van der Waals surface area contributed by atoms with Crippen LogP contribution >= 0.6 is 0 Å². The third-order valence-electron chi connectivity index (χ3n) is 5.55. The number of nitrogens with one attached hydrogen (secondary N) is 4. The van der Waals surface area contributed by atoms with Crippen LogP contribution in [0.3, 0.4) is 0 Å². The van der Waals surface area contributed by atoms with Crippen molar-refractivity contribution in [1.82, 2.24) is 19.4 Å². The molecule has 36 heavy (non-hydrogen) atoms. The highest BCUT2D eigenvalue weighted by Crippen LogP contribution is 2.26. The molecule has 0 aliphatic heterocycles. The van der Waals surface area contributed by atoms with Gasteiger partial charge in [0.25, 0.3) is 10.2 Å². The molecule has 1 aliphatic rings. The lowest BCUT2D eigenvalue weighted by molar-refractivity contribution is 0.565. The minimum atomic E-state index is -3.82. The van der Waals surface area contributed by atoms with Gasteiger partial charge in [-0.3, -0.25) is 0 Å². The van der Waals surface area contributed by atoms with E-state index in [0.717, 1.165) is 29.7 Å². The van der Waals surface area contributed by atoms with Crippen LogP contribution in [0.5, 0.6) is 0 Å². The molecular weight excluding hydrogens is 502 g/mol. The third kappa shape index (κ3) is 6.77. The molecule has 1 heterocycles. The van der Waals surface area contributed by atoms with E-state index < -0.39 is 20.2 Å². The Labute approximate surface area is 211 Å². The zero-order valence-electron chi connectivity index (χ0n) is 20.2. The van der Waals surface area contributed by atoms with Gasteiger partial charge in [-0.05, 0) is 74.6 Å². The lowest BCUT2D eigenvalue weighted by atomic mass is 10.1. The number of sulfonamides is 1. The van der Waals surface area contributed by atoms with Crippen LogP contribution in [-0.4, -0.2) is 32.8 Å². The maximum Gasteiger partial charge on any atom is 0.277 e. The van der Waals surface area contributed by atoms with Crippen molar-refractivity contribution in [3.8, 4) is 0 Å². The molecule has 1 aliphatic carbocycles. The first-order valence-electron chi connectivity index (χ1n) is 11.3. The van der Waals surface area contributed by atoms with Crippen molar-refractivity contribution < 1.29 is 16.8 Å². The first-order chi connectivity index (χ1) is 16.9. The fraction of sp³-hybridized carbons (Fsp3) is 0.304. The molecule has 11 nitrogen and oxygen atoms in total. The quantitative estimate of drug-likeness (QED) is 0.266. The summed E-state index contributed by atoms with van der Waals surface area (Å²) >= 11 is 0. The molecule has 1 saturated carbocycles. The van der Waals surface area contributed by atoms with Crippen molar-refractivity contribution in [2.75, 3.05) is 10.6 Å². The summed E-state index contributed by atoms with van der Waals surface area (Å²) in [7, 11) is -7.33. The Morgan fingerprint density at radius 3 is 2.14 bits per heavy atom. The predicted octanol–water partition coefficient (Wildman–Crippen LogP) is 2.62. The van der Waals surface area contributed by atoms with Gasteiger partial charge in [0.2, 0.25) is 16.0 Å². The van der Waals surface area contributed by atoms with Gasteiger partial charge in [-0.25, -0.2) is 18.5 Å². The van der Waals surface area contributed by atoms with Gasteiger partial charge < -0.3 is 10.6 Å². The number of nitrogens with two attached hydrogens (primary N) is 1. The molecule has 0 unspecified atom stereocenters. The summed E-state index contributed by atoms with van der Waals surface area (Å²) in [6.45, 7) is 5.42. The standard InChI is InChI=1S/C23H29N7O4S2/c1-14-10-20(11-15(2)21(14)35(24,31)32)28-23-25-12-16(3)22(29-23)27-18-6-4-17(5-7-18)13-26-36(33,34)30-19-8-9-19/h4-7,10-12,19,26,30H,8-9,13H2,1-3H3,(H2,24,31,32)(H2,25,27,28,29). The first kappa shape index (κ1) is 26.0. The molecule has 0 atom stereocenters. The van der Waals surface area contributed by atoms with Crippen LogP contribution in [0.4, 0.5) is 23.1 Å². The van der Waals surface area contributed by atoms with Crippen LogP contribution in [0.2, 0.25) is 0 Å². The summed E-state index contributed by atoms with van der Waals surface area (Å²) < 4.78 is 52.7. The first-order valence-corrected chi connectivity index (χ1v) is 14.3. The molecule has 13 heteroatoms. The minimum Gasteiger partial charge on any atom is -0.340 e. The summed E-state index contributed by atoms with van der Waals surface area (Å²) in [6, 6.07) is 10.7. The minimum absolute atomic E-state index is 0.0547. The highest BCUT2D eigenvalue weighted by Gasteiger charge is 2.26. The topological polar surface area (TPSA) is 168 Å². The van der Waals surface area contributed by atoms with Gasteiger partial charge in [0.15, 0.2) is 0 Å². The van der Waals surface area contributed by atoms with Crippen molar-refractivity contribution >= 4 is 43.4 Å². The zero-order chi connectivity index (χ0) is 26.1. The van der Waals surface area contributed by atoms with Crippen LogP contribution in [0.1, 0.15) is 35.1 Å². The summed E-state index contributed by atoms with van der Waals surface area (Å²) in [5, 5.41) is 11.7. The molecule has 0 spiro atoms. The number of nitrogens with zero attached hydrogens (tertiary/aromatic N) is 2. The Hall–Kier alpha value is -3.10. The molecule has 1 fully saturated rings. The third-order valence-corrected chi connectivity index (χ3v) is 7.94. The fourth-order valence-corrected chi connectivity index (χ4v) is 5.84. The van der Waals surface area contributed by atoms with Gasteiger partial charge >= 0.3 is 0 Å². The fourth-order valence-electron chi connectivity index (χ4n) is 3.71. The van der Waals surface area contributed by atoms with E-state index in [4.69, 9.17) is 5.14 Å². The molecule has 6 N–H and O–H groups in total. The van der Waals surface area contributed by atoms with Crippen LogP contribution in [0.15, 0.2) is 47.5 Å². The summed E-state index contributed by atoms with van der Waals surface area (Å²) in [5.74, 6) is 0.920. The van der Waals surface area contributed by atoms with Gasteiger partial charge in [0.05, 0.1) is 4.90 Å².